The van der Waals surface area contributed by atoms with Gasteiger partial charge in [0.1, 0.15) is 18.4 Å². The maximum atomic E-state index is 13.2. The van der Waals surface area contributed by atoms with E-state index in [9.17, 15) is 22.4 Å². The first-order valence-electron chi connectivity index (χ1n) is 9.01. The highest BCUT2D eigenvalue weighted by molar-refractivity contribution is 7.92. The van der Waals surface area contributed by atoms with Gasteiger partial charge < -0.3 is 10.2 Å². The number of amides is 2. The van der Waals surface area contributed by atoms with Crippen molar-refractivity contribution in [2.75, 3.05) is 24.2 Å². The van der Waals surface area contributed by atoms with Crippen LogP contribution in [0.1, 0.15) is 12.5 Å². The van der Waals surface area contributed by atoms with Crippen LogP contribution in [-0.2, 0) is 26.2 Å². The van der Waals surface area contributed by atoms with Crippen molar-refractivity contribution < 1.29 is 22.4 Å². The fraction of sp³-hybridized carbons (Fsp3) is 0.300. The Labute approximate surface area is 180 Å². The molecule has 2 amide bonds. The number of carbonyl (C=O) groups excluding carboxylic acids is 2. The molecule has 2 aromatic carbocycles. The quantitative estimate of drug-likeness (QED) is 0.662. The smallest absolute Gasteiger partial charge is 0.244 e. The van der Waals surface area contributed by atoms with Crippen molar-refractivity contribution in [2.45, 2.75) is 19.5 Å². The number of anilines is 1. The van der Waals surface area contributed by atoms with Crippen LogP contribution in [0.2, 0.25) is 5.02 Å². The highest BCUT2D eigenvalue weighted by Gasteiger charge is 2.29. The van der Waals surface area contributed by atoms with E-state index >= 15 is 0 Å². The predicted molar refractivity (Wildman–Crippen MR) is 114 cm³/mol. The Kier molecular flexibility index (Phi) is 7.80. The summed E-state index contributed by atoms with van der Waals surface area (Å²) in [4.78, 5) is 26.6. The number of hydrogen-bond acceptors (Lipinski definition) is 4. The van der Waals surface area contributed by atoms with E-state index in [1.165, 1.54) is 24.1 Å². The van der Waals surface area contributed by atoms with Gasteiger partial charge in [-0.05, 0) is 48.9 Å². The first-order chi connectivity index (χ1) is 14.0. The highest BCUT2D eigenvalue weighted by Crippen LogP contribution is 2.20. The minimum absolute atomic E-state index is 0.0750. The van der Waals surface area contributed by atoms with E-state index in [0.717, 1.165) is 28.3 Å². The molecular formula is C20H23ClFN3O4S. The summed E-state index contributed by atoms with van der Waals surface area (Å²) in [6, 6.07) is 10.7. The lowest BCUT2D eigenvalue weighted by Crippen LogP contribution is -2.50. The molecule has 0 saturated carbocycles. The van der Waals surface area contributed by atoms with Crippen LogP contribution in [0, 0.1) is 5.82 Å². The van der Waals surface area contributed by atoms with Crippen molar-refractivity contribution in [3.8, 4) is 0 Å². The van der Waals surface area contributed by atoms with E-state index in [4.69, 9.17) is 11.6 Å². The second kappa shape index (κ2) is 9.90. The van der Waals surface area contributed by atoms with E-state index in [-0.39, 0.29) is 12.2 Å². The number of hydrogen-bond donors (Lipinski definition) is 1. The molecule has 0 aliphatic heterocycles. The van der Waals surface area contributed by atoms with Crippen LogP contribution < -0.4 is 9.62 Å². The van der Waals surface area contributed by atoms with Crippen LogP contribution in [0.5, 0.6) is 0 Å². The normalized spacial score (nSPS) is 12.2. The van der Waals surface area contributed by atoms with Crippen molar-refractivity contribution in [3.05, 3.63) is 64.9 Å². The lowest BCUT2D eigenvalue weighted by molar-refractivity contribution is -0.139. The molecule has 0 heterocycles. The van der Waals surface area contributed by atoms with Crippen LogP contribution >= 0.6 is 11.6 Å². The number of carbonyl (C=O) groups is 2. The third-order valence-electron chi connectivity index (χ3n) is 4.47. The Bertz CT molecular complexity index is 998. The summed E-state index contributed by atoms with van der Waals surface area (Å²) >= 11 is 5.90. The molecule has 10 heteroatoms. The number of likely N-dealkylation sites (N-methyl/N-ethyl adjacent to an activating group) is 1. The maximum absolute atomic E-state index is 13.2. The summed E-state index contributed by atoms with van der Waals surface area (Å²) in [5.74, 6) is -1.52. The average Bonchev–Trinajstić information content (AvgIpc) is 2.70. The molecule has 0 radical (unpaired) electrons. The van der Waals surface area contributed by atoms with Crippen molar-refractivity contribution in [3.63, 3.8) is 0 Å². The minimum Gasteiger partial charge on any atom is -0.357 e. The Hall–Kier alpha value is -2.65. The molecule has 7 nitrogen and oxygen atoms in total. The summed E-state index contributed by atoms with van der Waals surface area (Å²) in [6.07, 6.45) is 0.954. The maximum Gasteiger partial charge on any atom is 0.244 e. The Morgan fingerprint density at radius 1 is 1.10 bits per heavy atom. The van der Waals surface area contributed by atoms with Gasteiger partial charge in [-0.2, -0.15) is 0 Å². The van der Waals surface area contributed by atoms with E-state index in [0.29, 0.717) is 5.02 Å². The second-order valence-corrected chi connectivity index (χ2v) is 9.03. The number of rotatable bonds is 8. The van der Waals surface area contributed by atoms with Gasteiger partial charge in [0, 0.05) is 18.6 Å². The van der Waals surface area contributed by atoms with Gasteiger partial charge >= 0.3 is 0 Å². The summed E-state index contributed by atoms with van der Waals surface area (Å²) in [5.41, 5.74) is 0.863. The van der Waals surface area contributed by atoms with Gasteiger partial charge in [-0.3, -0.25) is 13.9 Å². The van der Waals surface area contributed by atoms with Gasteiger partial charge in [0.2, 0.25) is 21.8 Å². The van der Waals surface area contributed by atoms with Crippen molar-refractivity contribution in [2.24, 2.45) is 0 Å². The van der Waals surface area contributed by atoms with Gasteiger partial charge in [0.25, 0.3) is 0 Å². The standard InChI is InChI=1S/C20H23ClFN3O4S/c1-14(20(27)23-2)24(12-15-4-6-16(21)7-5-15)19(26)13-25(30(3,28)29)18-10-8-17(22)9-11-18/h4-11,14H,12-13H2,1-3H3,(H,23,27)/t14-/m0/s1. The Morgan fingerprint density at radius 2 is 1.67 bits per heavy atom. The third kappa shape index (κ3) is 6.17. The van der Waals surface area contributed by atoms with Crippen molar-refractivity contribution in [1.82, 2.24) is 10.2 Å². The zero-order valence-corrected chi connectivity index (χ0v) is 18.4. The topological polar surface area (TPSA) is 86.8 Å². The van der Waals surface area contributed by atoms with Crippen LogP contribution in [-0.4, -0.2) is 51.0 Å². The minimum atomic E-state index is -3.84. The molecular weight excluding hydrogens is 433 g/mol. The molecule has 0 aromatic heterocycles. The molecule has 30 heavy (non-hydrogen) atoms. The fourth-order valence-corrected chi connectivity index (χ4v) is 3.77. The largest absolute Gasteiger partial charge is 0.357 e. The number of sulfonamides is 1. The van der Waals surface area contributed by atoms with E-state index < -0.39 is 40.2 Å². The number of benzene rings is 2. The predicted octanol–water partition coefficient (Wildman–Crippen LogP) is 2.41. The van der Waals surface area contributed by atoms with Crippen LogP contribution in [0.15, 0.2) is 48.5 Å². The summed E-state index contributed by atoms with van der Waals surface area (Å²) < 4.78 is 38.7. The number of nitrogens with one attached hydrogen (secondary N) is 1. The summed E-state index contributed by atoms with van der Waals surface area (Å²) in [5, 5.41) is 3.01. The molecule has 0 aliphatic rings. The molecule has 162 valence electrons. The van der Waals surface area contributed by atoms with E-state index in [1.807, 2.05) is 0 Å². The van der Waals surface area contributed by atoms with Gasteiger partial charge in [-0.25, -0.2) is 12.8 Å². The molecule has 0 fully saturated rings. The fourth-order valence-electron chi connectivity index (χ4n) is 2.80. The van der Waals surface area contributed by atoms with Gasteiger partial charge in [-0.15, -0.1) is 0 Å². The van der Waals surface area contributed by atoms with Crippen LogP contribution in [0.4, 0.5) is 10.1 Å². The van der Waals surface area contributed by atoms with Crippen molar-refractivity contribution >= 4 is 39.1 Å². The first kappa shape index (κ1) is 23.6. The number of halogens is 2. The summed E-state index contributed by atoms with van der Waals surface area (Å²) in [6.45, 7) is 1.08. The molecule has 2 aromatic rings. The SMILES string of the molecule is CNC(=O)[C@H](C)N(Cc1ccc(Cl)cc1)C(=O)CN(c1ccc(F)cc1)S(C)(=O)=O. The first-order valence-corrected chi connectivity index (χ1v) is 11.2. The second-order valence-electron chi connectivity index (χ2n) is 6.68. The van der Waals surface area contributed by atoms with E-state index in [1.54, 1.807) is 31.2 Å². The monoisotopic (exact) mass is 455 g/mol. The molecule has 0 bridgehead atoms. The van der Waals surface area contributed by atoms with Crippen LogP contribution in [0.3, 0.4) is 0 Å². The molecule has 0 spiro atoms. The highest BCUT2D eigenvalue weighted by atomic mass is 35.5. The van der Waals surface area contributed by atoms with Crippen LogP contribution in [0.25, 0.3) is 0 Å². The summed E-state index contributed by atoms with van der Waals surface area (Å²) in [7, 11) is -2.39. The third-order valence-corrected chi connectivity index (χ3v) is 5.87. The average molecular weight is 456 g/mol. The molecule has 2 rings (SSSR count). The van der Waals surface area contributed by atoms with Gasteiger partial charge in [-0.1, -0.05) is 23.7 Å². The molecule has 0 unspecified atom stereocenters. The molecule has 0 aliphatic carbocycles. The van der Waals surface area contributed by atoms with Gasteiger partial charge in [0.15, 0.2) is 0 Å². The van der Waals surface area contributed by atoms with E-state index in [2.05, 4.69) is 5.32 Å². The molecule has 1 N–H and O–H groups in total. The van der Waals surface area contributed by atoms with Gasteiger partial charge in [0.05, 0.1) is 11.9 Å². The Balaban J connectivity index is 2.35. The number of nitrogens with zero attached hydrogens (tertiary/aromatic N) is 2. The zero-order chi connectivity index (χ0) is 22.5. The van der Waals surface area contributed by atoms with Crippen molar-refractivity contribution in [1.29, 1.82) is 0 Å². The lowest BCUT2D eigenvalue weighted by Gasteiger charge is -2.31. The zero-order valence-electron chi connectivity index (χ0n) is 16.8. The molecule has 0 saturated heterocycles. The molecule has 1 atom stereocenters. The lowest BCUT2D eigenvalue weighted by atomic mass is 10.1. The Morgan fingerprint density at radius 3 is 2.17 bits per heavy atom.